The molecule has 2 heterocycles. The number of benzene rings is 1. The summed E-state index contributed by atoms with van der Waals surface area (Å²) in [5.74, 6) is 0.0192. The fourth-order valence-electron chi connectivity index (χ4n) is 4.02. The summed E-state index contributed by atoms with van der Waals surface area (Å²) < 4.78 is 0. The zero-order valence-electron chi connectivity index (χ0n) is 16.9. The highest BCUT2D eigenvalue weighted by Gasteiger charge is 2.21. The zero-order valence-corrected chi connectivity index (χ0v) is 16.9. The van der Waals surface area contributed by atoms with Crippen molar-refractivity contribution in [1.29, 1.82) is 0 Å². The molecule has 0 atom stereocenters. The Hall–Kier alpha value is -3.28. The smallest absolute Gasteiger partial charge is 0.252 e. The second kappa shape index (κ2) is 9.48. The third-order valence-corrected chi connectivity index (χ3v) is 5.58. The van der Waals surface area contributed by atoms with Crippen LogP contribution in [0.4, 0.5) is 5.69 Å². The van der Waals surface area contributed by atoms with Gasteiger partial charge < -0.3 is 10.6 Å². The lowest BCUT2D eigenvalue weighted by atomic mass is 9.85. The van der Waals surface area contributed by atoms with Crippen molar-refractivity contribution >= 4 is 28.4 Å². The van der Waals surface area contributed by atoms with Crippen LogP contribution in [0.1, 0.15) is 60.5 Å². The molecule has 0 saturated heterocycles. The van der Waals surface area contributed by atoms with Gasteiger partial charge in [0, 0.05) is 36.7 Å². The first-order valence-electron chi connectivity index (χ1n) is 10.6. The summed E-state index contributed by atoms with van der Waals surface area (Å²) in [6.07, 6.45) is 9.20. The van der Waals surface area contributed by atoms with Crippen LogP contribution in [0, 0.1) is 0 Å². The van der Waals surface area contributed by atoms with Crippen molar-refractivity contribution in [3.8, 4) is 0 Å². The molecule has 154 valence electrons. The van der Waals surface area contributed by atoms with E-state index in [0.717, 1.165) is 35.1 Å². The molecule has 0 spiro atoms. The van der Waals surface area contributed by atoms with E-state index in [4.69, 9.17) is 4.98 Å². The summed E-state index contributed by atoms with van der Waals surface area (Å²) >= 11 is 0. The van der Waals surface area contributed by atoms with E-state index in [9.17, 15) is 9.59 Å². The largest absolute Gasteiger partial charge is 0.351 e. The van der Waals surface area contributed by atoms with E-state index in [1.54, 1.807) is 18.3 Å². The molecule has 0 bridgehead atoms. The van der Waals surface area contributed by atoms with E-state index in [1.807, 2.05) is 30.3 Å². The van der Waals surface area contributed by atoms with Crippen molar-refractivity contribution in [3.05, 3.63) is 66.1 Å². The first-order chi connectivity index (χ1) is 14.7. The molecule has 2 N–H and O–H groups in total. The number of para-hydroxylation sites is 1. The Morgan fingerprint density at radius 3 is 2.67 bits per heavy atom. The molecule has 4 rings (SSSR count). The van der Waals surface area contributed by atoms with Crippen LogP contribution in [0.5, 0.6) is 0 Å². The second-order valence-corrected chi connectivity index (χ2v) is 7.74. The third-order valence-electron chi connectivity index (χ3n) is 5.58. The van der Waals surface area contributed by atoms with E-state index >= 15 is 0 Å². The lowest BCUT2D eigenvalue weighted by Crippen LogP contribution is -2.28. The SMILES string of the molecule is O=C(CCNC(=O)c1cccnc1)Nc1cc2ccccc2nc1C1CCCCC1. The molecule has 1 saturated carbocycles. The van der Waals surface area contributed by atoms with E-state index in [-0.39, 0.29) is 24.8 Å². The molecule has 3 aromatic rings. The van der Waals surface area contributed by atoms with Crippen LogP contribution in [0.15, 0.2) is 54.9 Å². The van der Waals surface area contributed by atoms with Crippen LogP contribution in [0.25, 0.3) is 10.9 Å². The minimum Gasteiger partial charge on any atom is -0.351 e. The van der Waals surface area contributed by atoms with Gasteiger partial charge in [-0.2, -0.15) is 0 Å². The number of anilines is 1. The van der Waals surface area contributed by atoms with Crippen molar-refractivity contribution in [2.45, 2.75) is 44.4 Å². The standard InChI is InChI=1S/C24H26N4O2/c29-22(12-14-26-24(30)19-10-6-13-25-16-19)27-21-15-18-9-4-5-11-20(18)28-23(21)17-7-2-1-3-8-17/h4-6,9-11,13,15-17H,1-3,7-8,12,14H2,(H,26,30)(H,27,29). The molecular weight excluding hydrogens is 376 g/mol. The molecule has 0 aliphatic heterocycles. The first-order valence-corrected chi connectivity index (χ1v) is 10.6. The fourth-order valence-corrected chi connectivity index (χ4v) is 4.02. The van der Waals surface area contributed by atoms with Crippen molar-refractivity contribution in [3.63, 3.8) is 0 Å². The number of aromatic nitrogens is 2. The van der Waals surface area contributed by atoms with Crippen molar-refractivity contribution in [1.82, 2.24) is 15.3 Å². The number of nitrogens with zero attached hydrogens (tertiary/aromatic N) is 2. The molecule has 1 aromatic carbocycles. The van der Waals surface area contributed by atoms with Crippen molar-refractivity contribution < 1.29 is 9.59 Å². The number of carbonyl (C=O) groups excluding carboxylic acids is 2. The Labute approximate surface area is 176 Å². The summed E-state index contributed by atoms with van der Waals surface area (Å²) in [4.78, 5) is 33.5. The Balaban J connectivity index is 1.44. The summed E-state index contributed by atoms with van der Waals surface area (Å²) in [5, 5.41) is 6.83. The lowest BCUT2D eigenvalue weighted by Gasteiger charge is -2.24. The number of pyridine rings is 2. The summed E-state index contributed by atoms with van der Waals surface area (Å²) in [7, 11) is 0. The molecule has 0 unspecified atom stereocenters. The van der Waals surface area contributed by atoms with E-state index in [2.05, 4.69) is 15.6 Å². The highest BCUT2D eigenvalue weighted by atomic mass is 16.2. The quantitative estimate of drug-likeness (QED) is 0.639. The maximum Gasteiger partial charge on any atom is 0.252 e. The summed E-state index contributed by atoms with van der Waals surface area (Å²) in [6, 6.07) is 13.4. The van der Waals surface area contributed by atoms with Gasteiger partial charge in [0.2, 0.25) is 5.91 Å². The van der Waals surface area contributed by atoms with E-state index < -0.39 is 0 Å². The predicted octanol–water partition coefficient (Wildman–Crippen LogP) is 4.44. The fraction of sp³-hybridized carbons (Fsp3) is 0.333. The van der Waals surface area contributed by atoms with Crippen LogP contribution in [-0.2, 0) is 4.79 Å². The Morgan fingerprint density at radius 2 is 1.87 bits per heavy atom. The monoisotopic (exact) mass is 402 g/mol. The van der Waals surface area contributed by atoms with Gasteiger partial charge in [0.1, 0.15) is 0 Å². The molecule has 6 heteroatoms. The maximum absolute atomic E-state index is 12.6. The molecular formula is C24H26N4O2. The van der Waals surface area contributed by atoms with Gasteiger partial charge in [0.15, 0.2) is 0 Å². The number of carbonyl (C=O) groups is 2. The van der Waals surface area contributed by atoms with Gasteiger partial charge in [0.05, 0.1) is 22.5 Å². The maximum atomic E-state index is 12.6. The average molecular weight is 402 g/mol. The Kier molecular flexibility index (Phi) is 6.32. The molecule has 6 nitrogen and oxygen atoms in total. The Bertz CT molecular complexity index is 1030. The second-order valence-electron chi connectivity index (χ2n) is 7.74. The van der Waals surface area contributed by atoms with Crippen LogP contribution in [0.2, 0.25) is 0 Å². The van der Waals surface area contributed by atoms with Gasteiger partial charge in [-0.1, -0.05) is 37.5 Å². The van der Waals surface area contributed by atoms with Crippen molar-refractivity contribution in [2.75, 3.05) is 11.9 Å². The number of hydrogen-bond acceptors (Lipinski definition) is 4. The predicted molar refractivity (Wildman–Crippen MR) is 117 cm³/mol. The van der Waals surface area contributed by atoms with Crippen molar-refractivity contribution in [2.24, 2.45) is 0 Å². The zero-order chi connectivity index (χ0) is 20.8. The average Bonchev–Trinajstić information content (AvgIpc) is 2.79. The molecule has 1 fully saturated rings. The normalized spacial score (nSPS) is 14.4. The number of rotatable bonds is 6. The lowest BCUT2D eigenvalue weighted by molar-refractivity contribution is -0.116. The number of amides is 2. The highest BCUT2D eigenvalue weighted by Crippen LogP contribution is 2.36. The van der Waals surface area contributed by atoms with Crippen LogP contribution in [0.3, 0.4) is 0 Å². The van der Waals surface area contributed by atoms with Gasteiger partial charge in [0.25, 0.3) is 5.91 Å². The minimum atomic E-state index is -0.230. The topological polar surface area (TPSA) is 84.0 Å². The van der Waals surface area contributed by atoms with E-state index in [1.165, 1.54) is 25.5 Å². The first kappa shape index (κ1) is 20.0. The third kappa shape index (κ3) is 4.82. The summed E-state index contributed by atoms with van der Waals surface area (Å²) in [6.45, 7) is 0.263. The van der Waals surface area contributed by atoms with Gasteiger partial charge in [-0.25, -0.2) is 0 Å². The molecule has 2 aromatic heterocycles. The van der Waals surface area contributed by atoms with Gasteiger partial charge in [-0.15, -0.1) is 0 Å². The van der Waals surface area contributed by atoms with Gasteiger partial charge >= 0.3 is 0 Å². The molecule has 1 aliphatic rings. The minimum absolute atomic E-state index is 0.129. The molecule has 30 heavy (non-hydrogen) atoms. The molecule has 0 radical (unpaired) electrons. The number of fused-ring (bicyclic) bond motifs is 1. The van der Waals surface area contributed by atoms with E-state index in [0.29, 0.717) is 11.5 Å². The van der Waals surface area contributed by atoms with Gasteiger partial charge in [-0.3, -0.25) is 19.6 Å². The van der Waals surface area contributed by atoms with Crippen LogP contribution >= 0.6 is 0 Å². The number of hydrogen-bond donors (Lipinski definition) is 2. The molecule has 2 amide bonds. The Morgan fingerprint density at radius 1 is 1.03 bits per heavy atom. The summed E-state index contributed by atoms with van der Waals surface area (Å²) in [5.41, 5.74) is 3.22. The highest BCUT2D eigenvalue weighted by molar-refractivity contribution is 5.96. The van der Waals surface area contributed by atoms with Crippen LogP contribution in [-0.4, -0.2) is 28.3 Å². The molecule has 1 aliphatic carbocycles. The van der Waals surface area contributed by atoms with Crippen LogP contribution < -0.4 is 10.6 Å². The van der Waals surface area contributed by atoms with Gasteiger partial charge in [-0.05, 0) is 37.1 Å². The number of nitrogens with one attached hydrogen (secondary N) is 2.